The highest BCUT2D eigenvalue weighted by molar-refractivity contribution is 7.47. The first-order chi connectivity index (χ1) is 20.7. The van der Waals surface area contributed by atoms with Crippen LogP contribution in [0.1, 0.15) is 18.9 Å². The highest BCUT2D eigenvalue weighted by Gasteiger charge is 2.53. The smallest absolute Gasteiger partial charge is 0.386 e. The average molecular weight is 665 g/mol. The van der Waals surface area contributed by atoms with Gasteiger partial charge >= 0.3 is 21.3 Å². The molecule has 3 aromatic rings. The summed E-state index contributed by atoms with van der Waals surface area (Å²) in [5, 5.41) is 22.0. The van der Waals surface area contributed by atoms with Gasteiger partial charge in [0.1, 0.15) is 30.5 Å². The molecule has 3 saturated heterocycles. The number of anilines is 1. The molecule has 0 amide bonds. The highest BCUT2D eigenvalue weighted by atomic mass is 31.2. The lowest BCUT2D eigenvalue weighted by Crippen LogP contribution is -2.38. The van der Waals surface area contributed by atoms with E-state index in [1.54, 1.807) is 0 Å². The lowest BCUT2D eigenvalue weighted by atomic mass is 10.1. The summed E-state index contributed by atoms with van der Waals surface area (Å²) in [6.07, 6.45) is -11.0. The minimum absolute atomic E-state index is 0.123. The van der Waals surface area contributed by atoms with E-state index in [0.717, 1.165) is 27.7 Å². The summed E-state index contributed by atoms with van der Waals surface area (Å²) in [6.45, 7) is -1.49. The number of phosphoric acid groups is 2. The van der Waals surface area contributed by atoms with Crippen molar-refractivity contribution in [3.63, 3.8) is 0 Å². The van der Waals surface area contributed by atoms with Gasteiger partial charge in [-0.05, 0) is 0 Å². The van der Waals surface area contributed by atoms with E-state index in [1.807, 2.05) is 4.98 Å². The number of rotatable bonds is 2. The van der Waals surface area contributed by atoms with E-state index >= 15 is 0 Å². The van der Waals surface area contributed by atoms with Gasteiger partial charge in [0.15, 0.2) is 23.6 Å². The molecular weight excluding hydrogens is 640 g/mol. The minimum atomic E-state index is -5.10. The third kappa shape index (κ3) is 5.83. The van der Waals surface area contributed by atoms with Crippen LogP contribution in [0.3, 0.4) is 0 Å². The maximum atomic E-state index is 13.0. The van der Waals surface area contributed by atoms with E-state index in [-0.39, 0.29) is 23.5 Å². The summed E-state index contributed by atoms with van der Waals surface area (Å²) in [6, 6.07) is 0.977. The van der Waals surface area contributed by atoms with Crippen LogP contribution < -0.4 is 22.5 Å². The monoisotopic (exact) mass is 665 g/mol. The van der Waals surface area contributed by atoms with Gasteiger partial charge in [-0.25, -0.2) is 18.9 Å². The van der Waals surface area contributed by atoms with Gasteiger partial charge in [0, 0.05) is 18.7 Å². The van der Waals surface area contributed by atoms with Crippen molar-refractivity contribution in [1.82, 2.24) is 29.1 Å². The third-order valence-electron chi connectivity index (χ3n) is 7.04. The van der Waals surface area contributed by atoms with E-state index in [9.17, 15) is 43.5 Å². The molecule has 22 nitrogen and oxygen atoms in total. The Morgan fingerprint density at radius 3 is 2.27 bits per heavy atom. The maximum Gasteiger partial charge on any atom is 0.472 e. The number of imidazole rings is 1. The van der Waals surface area contributed by atoms with Crippen LogP contribution in [0.25, 0.3) is 11.2 Å². The van der Waals surface area contributed by atoms with Crippen molar-refractivity contribution in [2.75, 3.05) is 18.9 Å². The predicted octanol–water partition coefficient (Wildman–Crippen LogP) is -2.82. The molecule has 0 saturated carbocycles. The molecule has 0 spiro atoms. The molecule has 6 rings (SSSR count). The van der Waals surface area contributed by atoms with Crippen LogP contribution in [0.15, 0.2) is 33.0 Å². The number of nitrogens with two attached hydrogens (primary N) is 1. The van der Waals surface area contributed by atoms with Crippen molar-refractivity contribution in [2.45, 2.75) is 55.5 Å². The number of fused-ring (bicyclic) bond motifs is 3. The number of nitrogen functional groups attached to an aromatic ring is 1. The van der Waals surface area contributed by atoms with E-state index in [2.05, 4.69) is 15.0 Å². The highest BCUT2D eigenvalue weighted by Crippen LogP contribution is 2.53. The lowest BCUT2D eigenvalue weighted by molar-refractivity contribution is -0.0548. The van der Waals surface area contributed by atoms with Crippen molar-refractivity contribution in [1.29, 1.82) is 0 Å². The molecule has 0 radical (unpaired) electrons. The van der Waals surface area contributed by atoms with Crippen LogP contribution in [0.2, 0.25) is 0 Å². The van der Waals surface area contributed by atoms with Gasteiger partial charge < -0.3 is 35.2 Å². The zero-order chi connectivity index (χ0) is 31.6. The number of hydrogen-bond donors (Lipinski definition) is 7. The van der Waals surface area contributed by atoms with Crippen LogP contribution in [-0.4, -0.2) is 98.9 Å². The van der Waals surface area contributed by atoms with Crippen LogP contribution in [-0.2, 0) is 36.7 Å². The summed E-state index contributed by atoms with van der Waals surface area (Å²) in [4.78, 5) is 69.0. The van der Waals surface area contributed by atoms with E-state index in [0.29, 0.717) is 0 Å². The molecule has 240 valence electrons. The SMILES string of the molecule is Nc1nc2c(ncn2[C@@H]2O[C@H]3COP(=O)(O)OC4[C@@H](CCOP(=O)(O)OC3[C@@H]2O)O[C@@H](n2ccc(=O)[nH]c2=O)[C@H]4O)c(=O)[nH]1. The van der Waals surface area contributed by atoms with Gasteiger partial charge in [-0.3, -0.25) is 46.8 Å². The molecule has 24 heteroatoms. The molecular formula is C20H25N7O15P2. The topological polar surface area (TPSA) is 315 Å². The normalized spacial score (nSPS) is 38.4. The first-order valence-electron chi connectivity index (χ1n) is 12.8. The van der Waals surface area contributed by atoms with Crippen molar-refractivity contribution < 1.29 is 56.7 Å². The molecule has 3 fully saturated rings. The number of ether oxygens (including phenoxy) is 2. The van der Waals surface area contributed by atoms with Crippen LogP contribution in [0.5, 0.6) is 0 Å². The number of aromatic amines is 2. The molecule has 44 heavy (non-hydrogen) atoms. The fourth-order valence-corrected chi connectivity index (χ4v) is 7.03. The van der Waals surface area contributed by atoms with Crippen molar-refractivity contribution in [3.05, 3.63) is 49.8 Å². The quantitative estimate of drug-likeness (QED) is 0.136. The molecule has 6 heterocycles. The van der Waals surface area contributed by atoms with Crippen molar-refractivity contribution in [3.8, 4) is 0 Å². The Hall–Kier alpha value is -3.11. The Morgan fingerprint density at radius 1 is 0.932 bits per heavy atom. The van der Waals surface area contributed by atoms with E-state index in [1.165, 1.54) is 0 Å². The summed E-state index contributed by atoms with van der Waals surface area (Å²) in [5.41, 5.74) is 2.93. The fraction of sp³-hybridized carbons (Fsp3) is 0.550. The largest absolute Gasteiger partial charge is 0.472 e. The van der Waals surface area contributed by atoms with Gasteiger partial charge in [-0.2, -0.15) is 4.98 Å². The molecule has 3 aliphatic rings. The Balaban J connectivity index is 1.28. The minimum Gasteiger partial charge on any atom is -0.386 e. The predicted molar refractivity (Wildman–Crippen MR) is 140 cm³/mol. The number of H-pyrrole nitrogens is 2. The summed E-state index contributed by atoms with van der Waals surface area (Å²) < 4.78 is 59.7. The number of hydrogen-bond acceptors (Lipinski definition) is 16. The molecule has 10 atom stereocenters. The first-order valence-corrected chi connectivity index (χ1v) is 15.7. The van der Waals surface area contributed by atoms with Crippen LogP contribution in [0.4, 0.5) is 5.95 Å². The Kier molecular flexibility index (Phi) is 7.97. The van der Waals surface area contributed by atoms with Crippen LogP contribution in [0, 0.1) is 0 Å². The molecule has 8 N–H and O–H groups in total. The molecule has 3 aromatic heterocycles. The Labute approximate surface area is 243 Å². The summed E-state index contributed by atoms with van der Waals surface area (Å²) in [7, 11) is -10.1. The Morgan fingerprint density at radius 2 is 1.57 bits per heavy atom. The third-order valence-corrected chi connectivity index (χ3v) is 9.04. The standard InChI is InChI=1S/C20H25N7O15P2/c21-19-24-15-10(16(31)25-19)22-6-27(15)18-12(30)14-8(40-18)5-38-44(35,36)41-13-7(2-4-37-43(33,34)42-14)39-17(11(13)29)26-3-1-9(28)23-20(26)32/h1,3,6-8,11-14,17-18,29-30H,2,4-5H2,(H,33,34)(H,35,36)(H,23,28,32)(H3,21,24,25,31)/t7-,8+,11+,12+,13?,14?,17-,18-/m1/s1. The summed E-state index contributed by atoms with van der Waals surface area (Å²) in [5.74, 6) is -0.283. The van der Waals surface area contributed by atoms with E-state index < -0.39 is 94.7 Å². The zero-order valence-electron chi connectivity index (χ0n) is 22.0. The lowest BCUT2D eigenvalue weighted by Gasteiger charge is -2.24. The summed E-state index contributed by atoms with van der Waals surface area (Å²) >= 11 is 0. The zero-order valence-corrected chi connectivity index (χ0v) is 23.8. The molecule has 0 aromatic carbocycles. The maximum absolute atomic E-state index is 13.0. The number of phosphoric ester groups is 2. The van der Waals surface area contributed by atoms with Gasteiger partial charge in [0.25, 0.3) is 11.1 Å². The van der Waals surface area contributed by atoms with Gasteiger partial charge in [-0.15, -0.1) is 0 Å². The molecule has 0 bridgehead atoms. The van der Waals surface area contributed by atoms with E-state index in [4.69, 9.17) is 33.3 Å². The van der Waals surface area contributed by atoms with Crippen molar-refractivity contribution in [2.24, 2.45) is 0 Å². The second-order valence-corrected chi connectivity index (χ2v) is 12.7. The second-order valence-electron chi connectivity index (χ2n) is 9.90. The van der Waals surface area contributed by atoms with Gasteiger partial charge in [0.2, 0.25) is 5.95 Å². The number of aliphatic hydroxyl groups is 2. The van der Waals surface area contributed by atoms with Gasteiger partial charge in [0.05, 0.1) is 25.6 Å². The van der Waals surface area contributed by atoms with Crippen LogP contribution >= 0.6 is 15.6 Å². The number of aromatic nitrogens is 6. The molecule has 3 aliphatic heterocycles. The second kappa shape index (κ2) is 11.4. The average Bonchev–Trinajstić information content (AvgIpc) is 3.57. The first kappa shape index (κ1) is 30.9. The van der Waals surface area contributed by atoms with Crippen molar-refractivity contribution >= 4 is 32.8 Å². The fourth-order valence-electron chi connectivity index (χ4n) is 5.10. The van der Waals surface area contributed by atoms with Gasteiger partial charge in [-0.1, -0.05) is 0 Å². The number of aliphatic hydroxyl groups excluding tert-OH is 2. The Bertz CT molecular complexity index is 1840. The molecule has 4 unspecified atom stereocenters. The number of nitrogens with zero attached hydrogens (tertiary/aromatic N) is 4. The molecule has 0 aliphatic carbocycles. The number of nitrogens with one attached hydrogen (secondary N) is 2.